The molecule has 0 heterocycles. The van der Waals surface area contributed by atoms with E-state index in [4.69, 9.17) is 4.74 Å². The highest BCUT2D eigenvalue weighted by atomic mass is 16.5. The number of carbonyl (C=O) groups excluding carboxylic acids is 4. The molecule has 0 aliphatic heterocycles. The van der Waals surface area contributed by atoms with Crippen molar-refractivity contribution in [2.45, 2.75) is 32.6 Å². The van der Waals surface area contributed by atoms with Gasteiger partial charge in [-0.2, -0.15) is 0 Å². The number of carbonyl (C=O) groups is 4. The van der Waals surface area contributed by atoms with E-state index in [1.807, 2.05) is 42.5 Å². The van der Waals surface area contributed by atoms with E-state index in [1.165, 1.54) is 6.92 Å². The van der Waals surface area contributed by atoms with E-state index in [0.717, 1.165) is 5.56 Å². The molecule has 4 rings (SSSR count). The van der Waals surface area contributed by atoms with Crippen LogP contribution in [0.4, 0.5) is 0 Å². The number of hydrogen-bond acceptors (Lipinski definition) is 5. The van der Waals surface area contributed by atoms with Crippen LogP contribution in [0, 0.1) is 17.3 Å². The molecule has 1 aliphatic rings. The third-order valence-electron chi connectivity index (χ3n) is 7.32. The van der Waals surface area contributed by atoms with E-state index >= 15 is 0 Å². The standard InChI is InChI=1S/C31H30O5/c1-3-36-30(35)31(21(2)32)19-25(28(33)23-15-9-5-10-16-23)27(22-13-7-4-8-14-22)26(20-31)29(34)24-17-11-6-12-18-24/h4-18,25-27H,3,19-20H2,1-2H3/t25-,26+,27?,31?. The lowest BCUT2D eigenvalue weighted by molar-refractivity contribution is -0.163. The van der Waals surface area contributed by atoms with Crippen molar-refractivity contribution in [2.24, 2.45) is 17.3 Å². The van der Waals surface area contributed by atoms with Crippen LogP contribution < -0.4 is 0 Å². The van der Waals surface area contributed by atoms with Gasteiger partial charge >= 0.3 is 5.97 Å². The molecule has 5 nitrogen and oxygen atoms in total. The average Bonchev–Trinajstić information content (AvgIpc) is 2.93. The number of hydrogen-bond donors (Lipinski definition) is 0. The molecule has 184 valence electrons. The zero-order valence-corrected chi connectivity index (χ0v) is 20.6. The van der Waals surface area contributed by atoms with Crippen molar-refractivity contribution >= 4 is 23.3 Å². The minimum atomic E-state index is -1.58. The second-order valence-corrected chi connectivity index (χ2v) is 9.38. The van der Waals surface area contributed by atoms with Crippen LogP contribution in [0.3, 0.4) is 0 Å². The van der Waals surface area contributed by atoms with Gasteiger partial charge in [-0.15, -0.1) is 0 Å². The lowest BCUT2D eigenvalue weighted by atomic mass is 9.55. The Hall–Kier alpha value is -3.86. The zero-order valence-electron chi connectivity index (χ0n) is 20.6. The Bertz CT molecular complexity index is 1170. The number of benzene rings is 3. The van der Waals surface area contributed by atoms with Crippen LogP contribution in [-0.4, -0.2) is 29.9 Å². The maximum absolute atomic E-state index is 14.0. The molecule has 5 heteroatoms. The first kappa shape index (κ1) is 25.2. The van der Waals surface area contributed by atoms with Gasteiger partial charge < -0.3 is 4.74 Å². The second kappa shape index (κ2) is 10.8. The molecule has 36 heavy (non-hydrogen) atoms. The van der Waals surface area contributed by atoms with Crippen LogP contribution >= 0.6 is 0 Å². The zero-order chi connectivity index (χ0) is 25.7. The highest BCUT2D eigenvalue weighted by Crippen LogP contribution is 2.53. The molecule has 1 saturated carbocycles. The first-order valence-electron chi connectivity index (χ1n) is 12.3. The fraction of sp³-hybridized carbons (Fsp3) is 0.290. The van der Waals surface area contributed by atoms with E-state index in [0.29, 0.717) is 11.1 Å². The highest BCUT2D eigenvalue weighted by molar-refractivity contribution is 6.07. The summed E-state index contributed by atoms with van der Waals surface area (Å²) in [7, 11) is 0. The second-order valence-electron chi connectivity index (χ2n) is 9.38. The molecule has 0 N–H and O–H groups in total. The molecule has 3 aromatic rings. The van der Waals surface area contributed by atoms with Gasteiger partial charge in [-0.3, -0.25) is 19.2 Å². The Morgan fingerprint density at radius 2 is 1.14 bits per heavy atom. The summed E-state index contributed by atoms with van der Waals surface area (Å²) in [6.45, 7) is 3.14. The van der Waals surface area contributed by atoms with Gasteiger partial charge in [0.05, 0.1) is 6.61 Å². The maximum atomic E-state index is 14.0. The van der Waals surface area contributed by atoms with Gasteiger partial charge in [0.1, 0.15) is 11.2 Å². The van der Waals surface area contributed by atoms with E-state index in [-0.39, 0.29) is 36.8 Å². The monoisotopic (exact) mass is 482 g/mol. The Morgan fingerprint density at radius 1 is 0.722 bits per heavy atom. The van der Waals surface area contributed by atoms with Crippen LogP contribution in [0.2, 0.25) is 0 Å². The summed E-state index contributed by atoms with van der Waals surface area (Å²) in [6, 6.07) is 27.1. The van der Waals surface area contributed by atoms with E-state index in [9.17, 15) is 19.2 Å². The summed E-state index contributed by atoms with van der Waals surface area (Å²) in [4.78, 5) is 54.5. The molecule has 0 radical (unpaired) electrons. The molecule has 2 unspecified atom stereocenters. The van der Waals surface area contributed by atoms with E-state index in [1.54, 1.807) is 55.5 Å². The third-order valence-corrected chi connectivity index (χ3v) is 7.32. The van der Waals surface area contributed by atoms with Crippen molar-refractivity contribution in [3.63, 3.8) is 0 Å². The van der Waals surface area contributed by atoms with Gasteiger partial charge in [0, 0.05) is 28.9 Å². The minimum Gasteiger partial charge on any atom is -0.465 e. The predicted molar refractivity (Wildman–Crippen MR) is 137 cm³/mol. The molecule has 3 aromatic carbocycles. The fourth-order valence-corrected chi connectivity index (χ4v) is 5.52. The summed E-state index contributed by atoms with van der Waals surface area (Å²) in [5, 5.41) is 0. The summed E-state index contributed by atoms with van der Waals surface area (Å²) >= 11 is 0. The number of ketones is 3. The molecule has 0 aromatic heterocycles. The molecular weight excluding hydrogens is 452 g/mol. The summed E-state index contributed by atoms with van der Waals surface area (Å²) in [5.41, 5.74) is 0.225. The van der Waals surface area contributed by atoms with Gasteiger partial charge in [0.15, 0.2) is 11.6 Å². The maximum Gasteiger partial charge on any atom is 0.319 e. The van der Waals surface area contributed by atoms with E-state index in [2.05, 4.69) is 0 Å². The van der Waals surface area contributed by atoms with Gasteiger partial charge in [-0.1, -0.05) is 91.0 Å². The molecule has 1 fully saturated rings. The van der Waals surface area contributed by atoms with Gasteiger partial charge in [-0.05, 0) is 32.3 Å². The average molecular weight is 483 g/mol. The Balaban J connectivity index is 1.92. The fourth-order valence-electron chi connectivity index (χ4n) is 5.52. The van der Waals surface area contributed by atoms with Crippen LogP contribution in [0.15, 0.2) is 91.0 Å². The van der Waals surface area contributed by atoms with E-state index < -0.39 is 29.1 Å². The smallest absolute Gasteiger partial charge is 0.319 e. The van der Waals surface area contributed by atoms with Crippen LogP contribution in [0.25, 0.3) is 0 Å². The quantitative estimate of drug-likeness (QED) is 0.234. The predicted octanol–water partition coefficient (Wildman–Crippen LogP) is 5.70. The molecule has 0 amide bonds. The molecule has 0 spiro atoms. The molecule has 4 atom stereocenters. The Morgan fingerprint density at radius 3 is 1.53 bits per heavy atom. The Kier molecular flexibility index (Phi) is 7.58. The molecular formula is C31H30O5. The number of rotatable bonds is 8. The van der Waals surface area contributed by atoms with Crippen molar-refractivity contribution in [1.29, 1.82) is 0 Å². The number of ether oxygens (including phenoxy) is 1. The molecule has 1 aliphatic carbocycles. The molecule has 0 saturated heterocycles. The topological polar surface area (TPSA) is 77.5 Å². The number of Topliss-reactive ketones (excluding diaryl/α,β-unsaturated/α-hetero) is 3. The summed E-state index contributed by atoms with van der Waals surface area (Å²) in [6.07, 6.45) is -0.0138. The van der Waals surface area contributed by atoms with Crippen molar-refractivity contribution in [3.05, 3.63) is 108 Å². The number of esters is 1. The first-order chi connectivity index (χ1) is 17.4. The molecule has 0 bridgehead atoms. The normalized spacial score (nSPS) is 23.4. The Labute approximate surface area is 211 Å². The van der Waals surface area contributed by atoms with Gasteiger partial charge in [0.2, 0.25) is 0 Å². The van der Waals surface area contributed by atoms with Gasteiger partial charge in [0.25, 0.3) is 0 Å². The van der Waals surface area contributed by atoms with Crippen molar-refractivity contribution < 1.29 is 23.9 Å². The lowest BCUT2D eigenvalue weighted by Crippen LogP contribution is -2.51. The van der Waals surface area contributed by atoms with Crippen LogP contribution in [0.5, 0.6) is 0 Å². The highest BCUT2D eigenvalue weighted by Gasteiger charge is 2.57. The van der Waals surface area contributed by atoms with Crippen LogP contribution in [0.1, 0.15) is 58.9 Å². The van der Waals surface area contributed by atoms with Crippen molar-refractivity contribution in [3.8, 4) is 0 Å². The minimum absolute atomic E-state index is 0.00692. The largest absolute Gasteiger partial charge is 0.465 e. The lowest BCUT2D eigenvalue weighted by Gasteiger charge is -2.45. The van der Waals surface area contributed by atoms with Crippen molar-refractivity contribution in [1.82, 2.24) is 0 Å². The van der Waals surface area contributed by atoms with Gasteiger partial charge in [-0.25, -0.2) is 0 Å². The first-order valence-corrected chi connectivity index (χ1v) is 12.3. The third kappa shape index (κ3) is 4.78. The summed E-state index contributed by atoms with van der Waals surface area (Å²) in [5.74, 6) is -3.47. The van der Waals surface area contributed by atoms with Crippen LogP contribution in [-0.2, 0) is 14.3 Å². The van der Waals surface area contributed by atoms with Crippen molar-refractivity contribution in [2.75, 3.05) is 6.61 Å². The SMILES string of the molecule is CCOC(=O)C1(C(C)=O)C[C@H](C(=O)c2ccccc2)C(c2ccccc2)[C@H](C(=O)c2ccccc2)C1. The summed E-state index contributed by atoms with van der Waals surface area (Å²) < 4.78 is 5.37.